The summed E-state index contributed by atoms with van der Waals surface area (Å²) in [5.41, 5.74) is 0. The van der Waals surface area contributed by atoms with E-state index in [9.17, 15) is 8.42 Å². The van der Waals surface area contributed by atoms with Gasteiger partial charge in [-0.3, -0.25) is 0 Å². The molecule has 0 bridgehead atoms. The molecular formula is C13H27N3O2S. The van der Waals surface area contributed by atoms with Crippen molar-refractivity contribution in [3.05, 3.63) is 0 Å². The molecule has 2 aliphatic rings. The first-order chi connectivity index (χ1) is 9.06. The molecule has 112 valence electrons. The van der Waals surface area contributed by atoms with Gasteiger partial charge >= 0.3 is 0 Å². The van der Waals surface area contributed by atoms with E-state index in [1.165, 1.54) is 44.8 Å². The monoisotopic (exact) mass is 289 g/mol. The van der Waals surface area contributed by atoms with Gasteiger partial charge in [-0.05, 0) is 38.1 Å². The van der Waals surface area contributed by atoms with Crippen molar-refractivity contribution in [1.82, 2.24) is 15.4 Å². The van der Waals surface area contributed by atoms with Gasteiger partial charge in [0.2, 0.25) is 10.0 Å². The molecule has 19 heavy (non-hydrogen) atoms. The van der Waals surface area contributed by atoms with Gasteiger partial charge < -0.3 is 10.6 Å². The van der Waals surface area contributed by atoms with E-state index in [2.05, 4.69) is 15.4 Å². The average Bonchev–Trinajstić information content (AvgIpc) is 2.88. The summed E-state index contributed by atoms with van der Waals surface area (Å²) in [7, 11) is -3.06. The van der Waals surface area contributed by atoms with Crippen LogP contribution in [0.25, 0.3) is 0 Å². The zero-order valence-electron chi connectivity index (χ0n) is 11.8. The fourth-order valence-corrected chi connectivity index (χ4v) is 3.94. The Kier molecular flexibility index (Phi) is 5.62. The van der Waals surface area contributed by atoms with Crippen LogP contribution < -0.4 is 15.4 Å². The van der Waals surface area contributed by atoms with Crippen LogP contribution in [0, 0.1) is 5.92 Å². The van der Waals surface area contributed by atoms with Gasteiger partial charge in [-0.1, -0.05) is 12.8 Å². The van der Waals surface area contributed by atoms with Gasteiger partial charge in [0, 0.05) is 25.2 Å². The second-order valence-corrected chi connectivity index (χ2v) is 7.71. The maximum Gasteiger partial charge on any atom is 0.208 e. The first-order valence-corrected chi connectivity index (χ1v) is 9.37. The summed E-state index contributed by atoms with van der Waals surface area (Å²) in [6.45, 7) is 2.37. The van der Waals surface area contributed by atoms with Crippen LogP contribution in [0.1, 0.15) is 38.5 Å². The molecule has 1 aliphatic heterocycles. The van der Waals surface area contributed by atoms with Crippen molar-refractivity contribution >= 4 is 10.0 Å². The summed E-state index contributed by atoms with van der Waals surface area (Å²) < 4.78 is 24.6. The van der Waals surface area contributed by atoms with Gasteiger partial charge in [-0.2, -0.15) is 0 Å². The van der Waals surface area contributed by atoms with E-state index >= 15 is 0 Å². The van der Waals surface area contributed by atoms with Crippen LogP contribution in [0.15, 0.2) is 0 Å². The molecule has 0 aromatic rings. The Morgan fingerprint density at radius 1 is 1.11 bits per heavy atom. The van der Waals surface area contributed by atoms with Crippen molar-refractivity contribution in [2.45, 2.75) is 50.6 Å². The van der Waals surface area contributed by atoms with Crippen molar-refractivity contribution in [1.29, 1.82) is 0 Å². The van der Waals surface area contributed by atoms with Gasteiger partial charge in [0.05, 0.1) is 6.26 Å². The third kappa shape index (κ3) is 5.02. The molecular weight excluding hydrogens is 262 g/mol. The Morgan fingerprint density at radius 2 is 1.89 bits per heavy atom. The lowest BCUT2D eigenvalue weighted by Crippen LogP contribution is -2.48. The maximum absolute atomic E-state index is 11.0. The van der Waals surface area contributed by atoms with Crippen molar-refractivity contribution < 1.29 is 8.42 Å². The summed E-state index contributed by atoms with van der Waals surface area (Å²) >= 11 is 0. The largest absolute Gasteiger partial charge is 0.314 e. The predicted molar refractivity (Wildman–Crippen MR) is 77.6 cm³/mol. The average molecular weight is 289 g/mol. The summed E-state index contributed by atoms with van der Waals surface area (Å²) in [6, 6.07) is 1.21. The van der Waals surface area contributed by atoms with Crippen LogP contribution in [-0.2, 0) is 10.0 Å². The van der Waals surface area contributed by atoms with Crippen LogP contribution in [0.3, 0.4) is 0 Å². The minimum Gasteiger partial charge on any atom is -0.314 e. The molecule has 2 rings (SSSR count). The highest BCUT2D eigenvalue weighted by Gasteiger charge is 2.32. The van der Waals surface area contributed by atoms with Crippen LogP contribution >= 0.6 is 0 Å². The Morgan fingerprint density at radius 3 is 2.58 bits per heavy atom. The molecule has 0 radical (unpaired) electrons. The Labute approximate surface area is 117 Å². The zero-order chi connectivity index (χ0) is 13.7. The van der Waals surface area contributed by atoms with E-state index in [1.807, 2.05) is 0 Å². The fourth-order valence-electron chi connectivity index (χ4n) is 3.47. The van der Waals surface area contributed by atoms with Crippen LogP contribution in [0.2, 0.25) is 0 Å². The molecule has 3 unspecified atom stereocenters. The number of rotatable bonds is 6. The second kappa shape index (κ2) is 7.02. The number of nitrogens with one attached hydrogen (secondary N) is 3. The minimum atomic E-state index is -3.06. The molecule has 0 spiro atoms. The predicted octanol–water partition coefficient (Wildman–Crippen LogP) is 0.436. The van der Waals surface area contributed by atoms with E-state index < -0.39 is 10.0 Å². The number of hydrogen-bond acceptors (Lipinski definition) is 4. The molecule has 5 nitrogen and oxygen atoms in total. The quantitative estimate of drug-likeness (QED) is 0.621. The lowest BCUT2D eigenvalue weighted by molar-refractivity contribution is 0.216. The normalized spacial score (nSPS) is 32.6. The standard InChI is InChI=1S/C13H27N3O2S/c1-19(17,18)16-10-9-15-12-6-3-2-5-11(12)13-7-4-8-14-13/h11-16H,2-10H2,1H3. The molecule has 3 atom stereocenters. The molecule has 3 N–H and O–H groups in total. The maximum atomic E-state index is 11.0. The van der Waals surface area contributed by atoms with Crippen molar-refractivity contribution in [2.24, 2.45) is 5.92 Å². The van der Waals surface area contributed by atoms with E-state index in [-0.39, 0.29) is 0 Å². The lowest BCUT2D eigenvalue weighted by atomic mass is 9.79. The molecule has 2 fully saturated rings. The van der Waals surface area contributed by atoms with Crippen molar-refractivity contribution in [3.8, 4) is 0 Å². The van der Waals surface area contributed by atoms with E-state index in [0.29, 0.717) is 18.6 Å². The molecule has 6 heteroatoms. The third-order valence-corrected chi connectivity index (χ3v) is 5.06. The Balaban J connectivity index is 1.76. The smallest absolute Gasteiger partial charge is 0.208 e. The van der Waals surface area contributed by atoms with Crippen LogP contribution in [0.4, 0.5) is 0 Å². The Bertz CT molecular complexity index is 366. The SMILES string of the molecule is CS(=O)(=O)NCCNC1CCCCC1C1CCCN1. The third-order valence-electron chi connectivity index (χ3n) is 4.33. The number of sulfonamides is 1. The van der Waals surface area contributed by atoms with Gasteiger partial charge in [0.15, 0.2) is 0 Å². The zero-order valence-corrected chi connectivity index (χ0v) is 12.6. The minimum absolute atomic E-state index is 0.486. The van der Waals surface area contributed by atoms with Crippen molar-refractivity contribution in [3.63, 3.8) is 0 Å². The van der Waals surface area contributed by atoms with Gasteiger partial charge in [0.1, 0.15) is 0 Å². The molecule has 0 aromatic carbocycles. The Hall–Kier alpha value is -0.170. The van der Waals surface area contributed by atoms with E-state index in [1.54, 1.807) is 0 Å². The highest BCUT2D eigenvalue weighted by Crippen LogP contribution is 2.30. The van der Waals surface area contributed by atoms with Crippen LogP contribution in [0.5, 0.6) is 0 Å². The highest BCUT2D eigenvalue weighted by molar-refractivity contribution is 7.88. The van der Waals surface area contributed by atoms with Crippen LogP contribution in [-0.4, -0.2) is 46.4 Å². The highest BCUT2D eigenvalue weighted by atomic mass is 32.2. The number of hydrogen-bond donors (Lipinski definition) is 3. The molecule has 1 saturated carbocycles. The fraction of sp³-hybridized carbons (Fsp3) is 1.00. The summed E-state index contributed by atoms with van der Waals surface area (Å²) in [6.07, 6.45) is 8.95. The molecule has 0 amide bonds. The van der Waals surface area contributed by atoms with Gasteiger partial charge in [0.25, 0.3) is 0 Å². The summed E-state index contributed by atoms with van der Waals surface area (Å²) in [5.74, 6) is 0.717. The van der Waals surface area contributed by atoms with Gasteiger partial charge in [-0.25, -0.2) is 13.1 Å². The lowest BCUT2D eigenvalue weighted by Gasteiger charge is -2.36. The first-order valence-electron chi connectivity index (χ1n) is 7.48. The second-order valence-electron chi connectivity index (χ2n) is 5.88. The molecule has 1 saturated heterocycles. The topological polar surface area (TPSA) is 70.2 Å². The molecule has 1 aliphatic carbocycles. The van der Waals surface area contributed by atoms with Crippen molar-refractivity contribution in [2.75, 3.05) is 25.9 Å². The van der Waals surface area contributed by atoms with E-state index in [0.717, 1.165) is 19.0 Å². The first kappa shape index (κ1) is 15.2. The van der Waals surface area contributed by atoms with E-state index in [4.69, 9.17) is 0 Å². The summed E-state index contributed by atoms with van der Waals surface area (Å²) in [4.78, 5) is 0. The molecule has 1 heterocycles. The van der Waals surface area contributed by atoms with Gasteiger partial charge in [-0.15, -0.1) is 0 Å². The summed E-state index contributed by atoms with van der Waals surface area (Å²) in [5, 5.41) is 7.17. The molecule has 0 aromatic heterocycles.